The van der Waals surface area contributed by atoms with Crippen LogP contribution in [0.4, 0.5) is 5.69 Å². The molecule has 1 aromatic rings. The number of nitro benzene ring substituents is 1. The third-order valence-corrected chi connectivity index (χ3v) is 3.14. The van der Waals surface area contributed by atoms with E-state index in [1.165, 1.54) is 34.5 Å². The van der Waals surface area contributed by atoms with E-state index in [1.807, 2.05) is 6.92 Å². The Morgan fingerprint density at radius 3 is 2.10 bits per heavy atom. The monoisotopic (exact) mass is 299 g/mol. The van der Waals surface area contributed by atoms with Gasteiger partial charge in [-0.15, -0.1) is 0 Å². The second-order valence-corrected chi connectivity index (χ2v) is 4.34. The predicted molar refractivity (Wildman–Crippen MR) is 77.0 cm³/mol. The quantitative estimate of drug-likeness (QED) is 0.417. The number of hydrogen-bond acceptors (Lipinski definition) is 6. The van der Waals surface area contributed by atoms with Crippen molar-refractivity contribution in [1.29, 1.82) is 0 Å². The molecule has 0 heterocycles. The van der Waals surface area contributed by atoms with Crippen molar-refractivity contribution in [2.45, 2.75) is 26.1 Å². The molecule has 0 unspecified atom stereocenters. The fourth-order valence-corrected chi connectivity index (χ4v) is 2.30. The summed E-state index contributed by atoms with van der Waals surface area (Å²) in [7, 11) is 5.79. The van der Waals surface area contributed by atoms with E-state index in [9.17, 15) is 10.1 Å². The van der Waals surface area contributed by atoms with Gasteiger partial charge in [-0.25, -0.2) is 0 Å². The van der Waals surface area contributed by atoms with Crippen molar-refractivity contribution < 1.29 is 23.9 Å². The number of rotatable bonds is 8. The van der Waals surface area contributed by atoms with E-state index in [0.717, 1.165) is 12.0 Å². The summed E-state index contributed by atoms with van der Waals surface area (Å²) in [4.78, 5) is 10.7. The smallest absolute Gasteiger partial charge is 0.315 e. The van der Waals surface area contributed by atoms with Crippen molar-refractivity contribution in [3.8, 4) is 11.5 Å². The van der Waals surface area contributed by atoms with Crippen molar-refractivity contribution >= 4 is 5.69 Å². The molecule has 0 N–H and O–H groups in total. The van der Waals surface area contributed by atoms with Gasteiger partial charge in [0.1, 0.15) is 0 Å². The number of nitro groups is 1. The third kappa shape index (κ3) is 3.43. The van der Waals surface area contributed by atoms with Gasteiger partial charge in [-0.2, -0.15) is 0 Å². The minimum atomic E-state index is -0.704. The summed E-state index contributed by atoms with van der Waals surface area (Å²) in [5, 5.41) is 11.3. The molecule has 0 spiro atoms. The molecular weight excluding hydrogens is 278 g/mol. The van der Waals surface area contributed by atoms with Crippen LogP contribution in [-0.4, -0.2) is 33.4 Å². The Labute approximate surface area is 123 Å². The summed E-state index contributed by atoms with van der Waals surface area (Å²) >= 11 is 0. The molecular formula is C14H21NO6. The van der Waals surface area contributed by atoms with E-state index in [4.69, 9.17) is 18.9 Å². The number of methoxy groups -OCH3 is 4. The van der Waals surface area contributed by atoms with Gasteiger partial charge >= 0.3 is 5.69 Å². The lowest BCUT2D eigenvalue weighted by atomic mass is 9.99. The van der Waals surface area contributed by atoms with Crippen LogP contribution in [-0.2, 0) is 15.9 Å². The van der Waals surface area contributed by atoms with Crippen LogP contribution >= 0.6 is 0 Å². The molecule has 1 rings (SSSR count). The minimum Gasteiger partial charge on any atom is -0.492 e. The first-order valence-corrected chi connectivity index (χ1v) is 6.53. The second-order valence-electron chi connectivity index (χ2n) is 4.34. The van der Waals surface area contributed by atoms with Crippen LogP contribution in [0.3, 0.4) is 0 Å². The van der Waals surface area contributed by atoms with E-state index >= 15 is 0 Å². The summed E-state index contributed by atoms with van der Waals surface area (Å²) in [5.41, 5.74) is 1.19. The molecule has 0 aromatic heterocycles. The average molecular weight is 299 g/mol. The maximum absolute atomic E-state index is 11.3. The highest BCUT2D eigenvalue weighted by Crippen LogP contribution is 2.44. The summed E-state index contributed by atoms with van der Waals surface area (Å²) < 4.78 is 21.0. The zero-order valence-corrected chi connectivity index (χ0v) is 13.0. The van der Waals surface area contributed by atoms with E-state index < -0.39 is 11.2 Å². The molecule has 0 amide bonds. The molecule has 0 aliphatic rings. The van der Waals surface area contributed by atoms with Crippen molar-refractivity contribution in [2.75, 3.05) is 28.4 Å². The van der Waals surface area contributed by atoms with Crippen molar-refractivity contribution in [3.05, 3.63) is 27.3 Å². The highest BCUT2D eigenvalue weighted by atomic mass is 16.7. The highest BCUT2D eigenvalue weighted by Gasteiger charge is 2.29. The molecule has 0 aliphatic heterocycles. The lowest BCUT2D eigenvalue weighted by molar-refractivity contribution is -0.386. The molecule has 21 heavy (non-hydrogen) atoms. The fraction of sp³-hybridized carbons (Fsp3) is 0.571. The van der Waals surface area contributed by atoms with Crippen LogP contribution in [0.5, 0.6) is 11.5 Å². The second kappa shape index (κ2) is 7.80. The van der Waals surface area contributed by atoms with Crippen LogP contribution in [0.15, 0.2) is 6.07 Å². The average Bonchev–Trinajstić information content (AvgIpc) is 2.48. The van der Waals surface area contributed by atoms with Gasteiger partial charge in [-0.3, -0.25) is 10.1 Å². The van der Waals surface area contributed by atoms with E-state index in [0.29, 0.717) is 17.7 Å². The van der Waals surface area contributed by atoms with E-state index in [1.54, 1.807) is 0 Å². The molecule has 0 atom stereocenters. The first-order valence-electron chi connectivity index (χ1n) is 6.53. The molecule has 1 aromatic carbocycles. The Kier molecular flexibility index (Phi) is 6.39. The molecule has 7 nitrogen and oxygen atoms in total. The fourth-order valence-electron chi connectivity index (χ4n) is 2.30. The zero-order chi connectivity index (χ0) is 16.0. The van der Waals surface area contributed by atoms with Crippen LogP contribution < -0.4 is 9.47 Å². The SMILES string of the molecule is CCCc1c(C(OC)OC)cc([N+](=O)[O-])c(OC)c1OC. The van der Waals surface area contributed by atoms with Gasteiger partial charge in [0, 0.05) is 31.4 Å². The van der Waals surface area contributed by atoms with Gasteiger partial charge < -0.3 is 18.9 Å². The Morgan fingerprint density at radius 1 is 1.14 bits per heavy atom. The maximum Gasteiger partial charge on any atom is 0.315 e. The molecule has 0 aliphatic carbocycles. The van der Waals surface area contributed by atoms with Gasteiger partial charge in [-0.1, -0.05) is 13.3 Å². The van der Waals surface area contributed by atoms with Gasteiger partial charge in [0.05, 0.1) is 19.1 Å². The molecule has 0 saturated carbocycles. The molecule has 0 saturated heterocycles. The highest BCUT2D eigenvalue weighted by molar-refractivity contribution is 5.63. The Morgan fingerprint density at radius 2 is 1.71 bits per heavy atom. The van der Waals surface area contributed by atoms with Crippen LogP contribution in [0.2, 0.25) is 0 Å². The normalized spacial score (nSPS) is 10.8. The molecule has 7 heteroatoms. The van der Waals surface area contributed by atoms with Crippen LogP contribution in [0.25, 0.3) is 0 Å². The Bertz CT molecular complexity index is 499. The van der Waals surface area contributed by atoms with Gasteiger partial charge in [0.2, 0.25) is 5.75 Å². The summed E-state index contributed by atoms with van der Waals surface area (Å²) in [6.07, 6.45) is 0.797. The number of ether oxygens (including phenoxy) is 4. The largest absolute Gasteiger partial charge is 0.492 e. The van der Waals surface area contributed by atoms with Crippen molar-refractivity contribution in [2.24, 2.45) is 0 Å². The lowest BCUT2D eigenvalue weighted by Gasteiger charge is -2.21. The van der Waals surface area contributed by atoms with E-state index in [2.05, 4.69) is 0 Å². The Hall–Kier alpha value is -1.86. The van der Waals surface area contributed by atoms with Crippen LogP contribution in [0, 0.1) is 10.1 Å². The van der Waals surface area contributed by atoms with Gasteiger partial charge in [0.25, 0.3) is 0 Å². The number of benzene rings is 1. The topological polar surface area (TPSA) is 80.1 Å². The first-order chi connectivity index (χ1) is 10.0. The summed E-state index contributed by atoms with van der Waals surface area (Å²) in [6.45, 7) is 2.01. The Balaban J connectivity index is 3.67. The minimum absolute atomic E-state index is 0.112. The van der Waals surface area contributed by atoms with Gasteiger partial charge in [0.15, 0.2) is 12.0 Å². The van der Waals surface area contributed by atoms with Crippen molar-refractivity contribution in [3.63, 3.8) is 0 Å². The van der Waals surface area contributed by atoms with E-state index in [-0.39, 0.29) is 11.4 Å². The molecule has 0 fully saturated rings. The van der Waals surface area contributed by atoms with Crippen LogP contribution in [0.1, 0.15) is 30.8 Å². The van der Waals surface area contributed by atoms with Gasteiger partial charge in [-0.05, 0) is 6.42 Å². The molecule has 0 bridgehead atoms. The third-order valence-electron chi connectivity index (χ3n) is 3.14. The molecule has 118 valence electrons. The lowest BCUT2D eigenvalue weighted by Crippen LogP contribution is -2.11. The number of hydrogen-bond donors (Lipinski definition) is 0. The molecule has 0 radical (unpaired) electrons. The summed E-state index contributed by atoms with van der Waals surface area (Å²) in [6, 6.07) is 1.42. The first kappa shape index (κ1) is 17.2. The maximum atomic E-state index is 11.3. The summed E-state index contributed by atoms with van der Waals surface area (Å²) in [5.74, 6) is 0.461. The number of nitrogens with zero attached hydrogens (tertiary/aromatic N) is 1. The predicted octanol–water partition coefficient (Wildman–Crippen LogP) is 2.86. The standard InChI is InChI=1S/C14H21NO6/c1-6-7-9-10(14(20-4)21-5)8-11(15(16)17)13(19-3)12(9)18-2/h8,14H,6-7H2,1-5H3. The zero-order valence-electron chi connectivity index (χ0n) is 13.0. The van der Waals surface area contributed by atoms with Crippen molar-refractivity contribution in [1.82, 2.24) is 0 Å².